The first-order chi connectivity index (χ1) is 30.6. The molecule has 2 saturated carbocycles. The van der Waals surface area contributed by atoms with Crippen LogP contribution in [-0.4, -0.2) is 85.2 Å². The lowest BCUT2D eigenvalue weighted by atomic mass is 9.83. The number of esters is 1. The topological polar surface area (TPSA) is 198 Å². The van der Waals surface area contributed by atoms with Gasteiger partial charge in [0.1, 0.15) is 35.7 Å². The van der Waals surface area contributed by atoms with Gasteiger partial charge in [0.15, 0.2) is 0 Å². The van der Waals surface area contributed by atoms with E-state index in [0.717, 1.165) is 132 Å². The summed E-state index contributed by atoms with van der Waals surface area (Å²) in [5.74, 6) is -0.949. The number of amides is 4. The minimum Gasteiger partial charge on any atom is -0.494 e. The molecule has 63 heavy (non-hydrogen) atoms. The van der Waals surface area contributed by atoms with Crippen LogP contribution in [-0.2, 0) is 46.3 Å². The first-order valence-electron chi connectivity index (χ1n) is 23.5. The molecule has 0 radical (unpaired) electrons. The number of nitrogens with one attached hydrogen (secondary N) is 4. The lowest BCUT2D eigenvalue weighted by Gasteiger charge is -2.31. The number of carbonyl (C=O) groups is 6. The predicted molar refractivity (Wildman–Crippen MR) is 238 cm³/mol. The molecule has 0 saturated heterocycles. The van der Waals surface area contributed by atoms with Gasteiger partial charge in [-0.2, -0.15) is 0 Å². The van der Waals surface area contributed by atoms with Crippen molar-refractivity contribution < 1.29 is 48.1 Å². The third-order valence-electron chi connectivity index (χ3n) is 12.7. The highest BCUT2D eigenvalue weighted by atomic mass is 16.5. The fourth-order valence-electron chi connectivity index (χ4n) is 9.14. The van der Waals surface area contributed by atoms with Crippen LogP contribution in [0.4, 0.5) is 0 Å². The van der Waals surface area contributed by atoms with Gasteiger partial charge in [0.2, 0.25) is 23.6 Å². The summed E-state index contributed by atoms with van der Waals surface area (Å²) in [5.41, 5.74) is 1.66. The summed E-state index contributed by atoms with van der Waals surface area (Å²) in [4.78, 5) is 76.0. The van der Waals surface area contributed by atoms with Gasteiger partial charge in [0.25, 0.3) is 0 Å². The third-order valence-corrected chi connectivity index (χ3v) is 12.7. The van der Waals surface area contributed by atoms with E-state index < -0.39 is 42.0 Å². The highest BCUT2D eigenvalue weighted by Crippen LogP contribution is 2.29. The molecule has 0 spiro atoms. The molecule has 14 nitrogen and oxygen atoms in total. The van der Waals surface area contributed by atoms with E-state index in [1.807, 2.05) is 48.5 Å². The average molecular weight is 875 g/mol. The number of carboxylic acids is 1. The van der Waals surface area contributed by atoms with Crippen LogP contribution in [0.2, 0.25) is 0 Å². The summed E-state index contributed by atoms with van der Waals surface area (Å²) in [6, 6.07) is 11.8. The maximum absolute atomic E-state index is 13.3. The van der Waals surface area contributed by atoms with Crippen LogP contribution in [0.3, 0.4) is 0 Å². The second-order valence-electron chi connectivity index (χ2n) is 17.6. The summed E-state index contributed by atoms with van der Waals surface area (Å²) in [7, 11) is 1.32. The molecule has 5 N–H and O–H groups in total. The highest BCUT2D eigenvalue weighted by molar-refractivity contribution is 5.92. The maximum atomic E-state index is 13.3. The molecule has 346 valence electrons. The largest absolute Gasteiger partial charge is 0.494 e. The number of methoxy groups -OCH3 is 1. The third kappa shape index (κ3) is 16.8. The number of hydrogen-bond acceptors (Lipinski definition) is 9. The lowest BCUT2D eigenvalue weighted by Crippen LogP contribution is -2.55. The Labute approximate surface area is 372 Å². The van der Waals surface area contributed by atoms with Crippen molar-refractivity contribution in [3.05, 3.63) is 59.7 Å². The van der Waals surface area contributed by atoms with Gasteiger partial charge in [-0.05, 0) is 98.6 Å². The quantitative estimate of drug-likeness (QED) is 0.212. The molecule has 4 aliphatic rings. The van der Waals surface area contributed by atoms with Crippen LogP contribution in [0, 0.1) is 11.8 Å². The molecule has 4 amide bonds. The Morgan fingerprint density at radius 2 is 0.968 bits per heavy atom. The molecule has 2 aliphatic heterocycles. The van der Waals surface area contributed by atoms with Crippen molar-refractivity contribution in [2.75, 3.05) is 20.3 Å². The number of benzene rings is 2. The highest BCUT2D eigenvalue weighted by Gasteiger charge is 2.35. The van der Waals surface area contributed by atoms with Crippen molar-refractivity contribution in [3.8, 4) is 11.5 Å². The minimum atomic E-state index is -1.09. The number of carbonyl (C=O) groups excluding carboxylic acids is 5. The zero-order valence-corrected chi connectivity index (χ0v) is 37.2. The smallest absolute Gasteiger partial charge is 0.328 e. The van der Waals surface area contributed by atoms with Gasteiger partial charge in [-0.15, -0.1) is 0 Å². The van der Waals surface area contributed by atoms with Crippen LogP contribution >= 0.6 is 0 Å². The fraction of sp³-hybridized carbons (Fsp3) is 0.633. The Bertz CT molecular complexity index is 1790. The Kier molecular flexibility index (Phi) is 20.5. The first-order valence-corrected chi connectivity index (χ1v) is 23.5. The molecule has 4 bridgehead atoms. The van der Waals surface area contributed by atoms with Crippen LogP contribution in [0.15, 0.2) is 48.5 Å². The number of rotatable bonds is 4. The summed E-state index contributed by atoms with van der Waals surface area (Å²) < 4.78 is 16.6. The molecule has 2 aromatic carbocycles. The molecule has 2 heterocycles. The second kappa shape index (κ2) is 26.5. The van der Waals surface area contributed by atoms with Gasteiger partial charge >= 0.3 is 11.9 Å². The predicted octanol–water partition coefficient (Wildman–Crippen LogP) is 6.50. The molecule has 0 aromatic heterocycles. The molecular weight excluding hydrogens is 805 g/mol. The van der Waals surface area contributed by atoms with Crippen molar-refractivity contribution in [2.24, 2.45) is 11.8 Å². The van der Waals surface area contributed by atoms with Gasteiger partial charge in [0.05, 0.1) is 20.3 Å². The SMILES string of the molecule is COC(=O)[C@@H]1Cc2cccc(c2)OCCCCCCC(=O)N[C@@H](C2CCCCC2)C(=O)N1.O=C1CCCCCCOc2cccc(c2)C[C@@H](C(=O)O)NC(=O)[C@H](C2CCCCC2)N1. The Morgan fingerprint density at radius 1 is 0.556 bits per heavy atom. The second-order valence-corrected chi connectivity index (χ2v) is 17.6. The summed E-state index contributed by atoms with van der Waals surface area (Å²) in [5, 5.41) is 21.2. The number of aliphatic carboxylic acids is 1. The Balaban J connectivity index is 0.000000238. The van der Waals surface area contributed by atoms with E-state index in [1.165, 1.54) is 7.11 Å². The molecule has 4 atom stereocenters. The molecule has 2 fully saturated rings. The van der Waals surface area contributed by atoms with Crippen molar-refractivity contribution in [1.82, 2.24) is 21.3 Å². The number of carboxylic acid groups (broad SMARTS) is 1. The molecule has 2 aliphatic carbocycles. The van der Waals surface area contributed by atoms with E-state index in [-0.39, 0.29) is 36.0 Å². The number of hydrogen-bond donors (Lipinski definition) is 5. The maximum Gasteiger partial charge on any atom is 0.328 e. The van der Waals surface area contributed by atoms with E-state index >= 15 is 0 Å². The van der Waals surface area contributed by atoms with E-state index in [4.69, 9.17) is 14.2 Å². The van der Waals surface area contributed by atoms with Crippen LogP contribution in [0.5, 0.6) is 11.5 Å². The van der Waals surface area contributed by atoms with Crippen molar-refractivity contribution in [1.29, 1.82) is 0 Å². The molecular formula is C49H70N4O10. The molecule has 2 aromatic rings. The molecule has 0 unspecified atom stereocenters. The van der Waals surface area contributed by atoms with E-state index in [2.05, 4.69) is 21.3 Å². The summed E-state index contributed by atoms with van der Waals surface area (Å²) in [6.07, 6.45) is 18.4. The normalized spacial score (nSPS) is 24.7. The van der Waals surface area contributed by atoms with E-state index in [1.54, 1.807) is 0 Å². The van der Waals surface area contributed by atoms with Crippen LogP contribution < -0.4 is 30.7 Å². The summed E-state index contributed by atoms with van der Waals surface area (Å²) in [6.45, 7) is 1.19. The number of fused-ring (bicyclic) bond motifs is 4. The zero-order valence-electron chi connectivity index (χ0n) is 37.2. The van der Waals surface area contributed by atoms with Gasteiger partial charge in [-0.1, -0.05) is 88.5 Å². The van der Waals surface area contributed by atoms with Crippen molar-refractivity contribution in [3.63, 3.8) is 0 Å². The lowest BCUT2D eigenvalue weighted by molar-refractivity contribution is -0.145. The van der Waals surface area contributed by atoms with Gasteiger partial charge < -0.3 is 40.6 Å². The average Bonchev–Trinajstić information content (AvgIpc) is 3.29. The van der Waals surface area contributed by atoms with Crippen LogP contribution in [0.1, 0.15) is 140 Å². The van der Waals surface area contributed by atoms with E-state index in [0.29, 0.717) is 38.2 Å². The Morgan fingerprint density at radius 3 is 1.41 bits per heavy atom. The van der Waals surface area contributed by atoms with E-state index in [9.17, 15) is 33.9 Å². The van der Waals surface area contributed by atoms with Crippen molar-refractivity contribution in [2.45, 2.75) is 165 Å². The minimum absolute atomic E-state index is 0.0472. The van der Waals surface area contributed by atoms with Gasteiger partial charge in [-0.25, -0.2) is 9.59 Å². The Hall–Kier alpha value is -5.14. The number of ether oxygens (including phenoxy) is 3. The van der Waals surface area contributed by atoms with Gasteiger partial charge in [-0.3, -0.25) is 19.2 Å². The summed E-state index contributed by atoms with van der Waals surface area (Å²) >= 11 is 0. The standard InChI is InChI=1S/C25H36N2O5.C24H34N2O5/c1-31-25(30)21-17-18-10-9-13-20(16-18)32-15-8-3-2-7-14-22(28)27-23(24(29)26-21)19-11-5-4-6-12-19;27-21-13-6-1-2-7-14-31-19-12-8-9-17(15-19)16-20(24(29)30)25-23(28)22(26-21)18-10-4-3-5-11-18/h9-10,13,16,19,21,23H,2-8,11-12,14-15,17H2,1H3,(H,26,29)(H,27,28);8-9,12,15,18,20,22H,1-7,10-11,13-14,16H2,(H,25,28)(H,26,27)(H,29,30)/t21-,23-;20-,22-/m00/s1. The zero-order chi connectivity index (χ0) is 44.8. The molecule has 6 rings (SSSR count). The fourth-order valence-corrected chi connectivity index (χ4v) is 9.14. The molecule has 14 heteroatoms. The van der Waals surface area contributed by atoms with Crippen LogP contribution in [0.25, 0.3) is 0 Å². The first kappa shape index (κ1) is 48.9. The van der Waals surface area contributed by atoms with Gasteiger partial charge in [0, 0.05) is 25.7 Å². The monoisotopic (exact) mass is 875 g/mol. The van der Waals surface area contributed by atoms with Crippen molar-refractivity contribution >= 4 is 35.6 Å².